The van der Waals surface area contributed by atoms with Crippen LogP contribution in [0.25, 0.3) is 0 Å². The van der Waals surface area contributed by atoms with Crippen molar-refractivity contribution >= 4 is 26.5 Å². The molecule has 0 amide bonds. The average Bonchev–Trinajstić information content (AvgIpc) is 3.18. The van der Waals surface area contributed by atoms with Crippen LogP contribution in [-0.2, 0) is 16.3 Å². The summed E-state index contributed by atoms with van der Waals surface area (Å²) in [5.41, 5.74) is 8.45. The van der Waals surface area contributed by atoms with Crippen molar-refractivity contribution in [1.29, 1.82) is 0 Å². The molecule has 0 aliphatic rings. The summed E-state index contributed by atoms with van der Waals surface area (Å²) in [5.74, 6) is 1.22. The minimum Gasteiger partial charge on any atom is -0.497 e. The molecule has 0 aliphatic heterocycles. The second-order valence-electron chi connectivity index (χ2n) is 7.04. The van der Waals surface area contributed by atoms with Crippen LogP contribution < -0.4 is 15.8 Å². The van der Waals surface area contributed by atoms with E-state index >= 15 is 0 Å². The zero-order valence-corrected chi connectivity index (χ0v) is 18.8. The SMILES string of the molecule is CCC(N)C(Nc1nc(Cc2cccc(C)c2)ns1)S(=O)(=O)c1ccc(OC)cc1. The van der Waals surface area contributed by atoms with E-state index in [2.05, 4.69) is 20.7 Å². The Labute approximate surface area is 181 Å². The lowest BCUT2D eigenvalue weighted by Crippen LogP contribution is -2.45. The third-order valence-corrected chi connectivity index (χ3v) is 7.51. The molecule has 2 aromatic carbocycles. The van der Waals surface area contributed by atoms with Gasteiger partial charge < -0.3 is 15.8 Å². The van der Waals surface area contributed by atoms with Crippen molar-refractivity contribution in [2.75, 3.05) is 12.4 Å². The van der Waals surface area contributed by atoms with Gasteiger partial charge in [0.2, 0.25) is 15.0 Å². The number of methoxy groups -OCH3 is 1. The Hall–Kier alpha value is -2.49. The molecule has 1 heterocycles. The van der Waals surface area contributed by atoms with Crippen LogP contribution in [0.15, 0.2) is 53.4 Å². The first-order chi connectivity index (χ1) is 14.3. The largest absolute Gasteiger partial charge is 0.497 e. The molecule has 0 bridgehead atoms. The topological polar surface area (TPSA) is 107 Å². The van der Waals surface area contributed by atoms with Gasteiger partial charge in [-0.3, -0.25) is 0 Å². The Balaban J connectivity index is 1.82. The van der Waals surface area contributed by atoms with Gasteiger partial charge in [0.25, 0.3) is 0 Å². The molecule has 3 rings (SSSR count). The predicted octanol–water partition coefficient (Wildman–Crippen LogP) is 3.40. The summed E-state index contributed by atoms with van der Waals surface area (Å²) in [7, 11) is -2.21. The van der Waals surface area contributed by atoms with Crippen molar-refractivity contribution in [2.24, 2.45) is 5.73 Å². The number of hydrogen-bond donors (Lipinski definition) is 2. The highest BCUT2D eigenvalue weighted by atomic mass is 32.2. The van der Waals surface area contributed by atoms with Crippen molar-refractivity contribution in [3.8, 4) is 5.75 Å². The molecular formula is C21H26N4O3S2. The maximum absolute atomic E-state index is 13.2. The van der Waals surface area contributed by atoms with Crippen molar-refractivity contribution in [1.82, 2.24) is 9.36 Å². The normalized spacial score (nSPS) is 13.6. The van der Waals surface area contributed by atoms with Gasteiger partial charge in [0, 0.05) is 24.0 Å². The molecule has 0 fully saturated rings. The Morgan fingerprint density at radius 3 is 2.57 bits per heavy atom. The number of aromatic nitrogens is 2. The van der Waals surface area contributed by atoms with E-state index in [0.29, 0.717) is 29.5 Å². The van der Waals surface area contributed by atoms with Crippen LogP contribution in [0.1, 0.15) is 30.3 Å². The highest BCUT2D eigenvalue weighted by molar-refractivity contribution is 7.92. The molecule has 9 heteroatoms. The van der Waals surface area contributed by atoms with Crippen LogP contribution in [0.2, 0.25) is 0 Å². The fraction of sp³-hybridized carbons (Fsp3) is 0.333. The Morgan fingerprint density at radius 2 is 1.93 bits per heavy atom. The number of hydrogen-bond acceptors (Lipinski definition) is 8. The Bertz CT molecular complexity index is 1080. The van der Waals surface area contributed by atoms with Crippen molar-refractivity contribution in [2.45, 2.75) is 43.0 Å². The molecule has 30 heavy (non-hydrogen) atoms. The molecule has 0 radical (unpaired) electrons. The molecule has 2 unspecified atom stereocenters. The predicted molar refractivity (Wildman–Crippen MR) is 120 cm³/mol. The highest BCUT2D eigenvalue weighted by Crippen LogP contribution is 2.24. The number of nitrogens with two attached hydrogens (primary N) is 1. The number of rotatable bonds is 9. The number of nitrogens with zero attached hydrogens (tertiary/aromatic N) is 2. The lowest BCUT2D eigenvalue weighted by atomic mass is 10.1. The second kappa shape index (κ2) is 9.55. The molecule has 3 N–H and O–H groups in total. The first-order valence-electron chi connectivity index (χ1n) is 9.61. The fourth-order valence-corrected chi connectivity index (χ4v) is 5.48. The summed E-state index contributed by atoms with van der Waals surface area (Å²) in [6.07, 6.45) is 1.07. The van der Waals surface area contributed by atoms with Crippen molar-refractivity contribution < 1.29 is 13.2 Å². The molecule has 160 valence electrons. The Kier molecular flexibility index (Phi) is 7.06. The molecule has 3 aromatic rings. The number of nitrogens with one attached hydrogen (secondary N) is 1. The van der Waals surface area contributed by atoms with Gasteiger partial charge in [-0.1, -0.05) is 36.8 Å². The standard InChI is InChI=1S/C21H26N4O3S2/c1-4-18(22)20(30(26,27)17-10-8-16(28-3)9-11-17)24-21-23-19(25-29-21)13-15-7-5-6-14(2)12-15/h5-12,18,20H,4,13,22H2,1-3H3,(H,23,24,25). The average molecular weight is 447 g/mol. The van der Waals surface area contributed by atoms with Crippen LogP contribution in [0, 0.1) is 6.92 Å². The zero-order chi connectivity index (χ0) is 21.7. The van der Waals surface area contributed by atoms with E-state index in [1.54, 1.807) is 12.1 Å². The lowest BCUT2D eigenvalue weighted by molar-refractivity contribution is 0.414. The van der Waals surface area contributed by atoms with E-state index in [0.717, 1.165) is 17.1 Å². The van der Waals surface area contributed by atoms with Gasteiger partial charge >= 0.3 is 0 Å². The molecule has 0 aliphatic carbocycles. The minimum atomic E-state index is -3.74. The maximum Gasteiger partial charge on any atom is 0.203 e. The maximum atomic E-state index is 13.2. The van der Waals surface area contributed by atoms with Gasteiger partial charge in [-0.2, -0.15) is 4.37 Å². The highest BCUT2D eigenvalue weighted by Gasteiger charge is 2.33. The summed E-state index contributed by atoms with van der Waals surface area (Å²) in [5, 5.41) is 2.43. The first-order valence-corrected chi connectivity index (χ1v) is 11.9. The van der Waals surface area contributed by atoms with Crippen LogP contribution in [0.3, 0.4) is 0 Å². The summed E-state index contributed by atoms with van der Waals surface area (Å²) in [6, 6.07) is 13.8. The minimum absolute atomic E-state index is 0.175. The van der Waals surface area contributed by atoms with E-state index in [1.165, 1.54) is 24.8 Å². The summed E-state index contributed by atoms with van der Waals surface area (Å²) in [6.45, 7) is 3.89. The number of sulfone groups is 1. The van der Waals surface area contributed by atoms with E-state index in [1.807, 2.05) is 32.0 Å². The van der Waals surface area contributed by atoms with Crippen LogP contribution in [-0.4, -0.2) is 36.3 Å². The molecule has 2 atom stereocenters. The van der Waals surface area contributed by atoms with Gasteiger partial charge in [0.05, 0.1) is 12.0 Å². The van der Waals surface area contributed by atoms with Gasteiger partial charge in [0.1, 0.15) is 11.6 Å². The quantitative estimate of drug-likeness (QED) is 0.519. The second-order valence-corrected chi connectivity index (χ2v) is 9.86. The van der Waals surface area contributed by atoms with E-state index in [9.17, 15) is 8.42 Å². The van der Waals surface area contributed by atoms with Gasteiger partial charge in [-0.05, 0) is 43.2 Å². The van der Waals surface area contributed by atoms with Gasteiger partial charge in [-0.15, -0.1) is 0 Å². The van der Waals surface area contributed by atoms with E-state index < -0.39 is 21.3 Å². The molecule has 0 saturated heterocycles. The van der Waals surface area contributed by atoms with E-state index in [-0.39, 0.29) is 4.90 Å². The summed E-state index contributed by atoms with van der Waals surface area (Å²) < 4.78 is 36.0. The molecule has 0 spiro atoms. The summed E-state index contributed by atoms with van der Waals surface area (Å²) >= 11 is 1.13. The third-order valence-electron chi connectivity index (χ3n) is 4.76. The van der Waals surface area contributed by atoms with Crippen LogP contribution in [0.5, 0.6) is 5.75 Å². The Morgan fingerprint density at radius 1 is 1.20 bits per heavy atom. The van der Waals surface area contributed by atoms with Gasteiger partial charge in [0.15, 0.2) is 5.37 Å². The number of aryl methyl sites for hydroxylation is 1. The van der Waals surface area contributed by atoms with E-state index in [4.69, 9.17) is 10.5 Å². The van der Waals surface area contributed by atoms with Crippen LogP contribution >= 0.6 is 11.5 Å². The monoisotopic (exact) mass is 446 g/mol. The zero-order valence-electron chi connectivity index (χ0n) is 17.2. The molecule has 1 aromatic heterocycles. The number of benzene rings is 2. The lowest BCUT2D eigenvalue weighted by Gasteiger charge is -2.24. The van der Waals surface area contributed by atoms with Crippen molar-refractivity contribution in [3.63, 3.8) is 0 Å². The number of ether oxygens (including phenoxy) is 1. The third kappa shape index (κ3) is 5.16. The van der Waals surface area contributed by atoms with Gasteiger partial charge in [-0.25, -0.2) is 13.4 Å². The number of anilines is 1. The molecule has 7 nitrogen and oxygen atoms in total. The molecule has 0 saturated carbocycles. The van der Waals surface area contributed by atoms with Crippen molar-refractivity contribution in [3.05, 3.63) is 65.5 Å². The smallest absolute Gasteiger partial charge is 0.203 e. The first kappa shape index (κ1) is 22.2. The van der Waals surface area contributed by atoms with Crippen LogP contribution in [0.4, 0.5) is 5.13 Å². The molecular weight excluding hydrogens is 420 g/mol. The fourth-order valence-electron chi connectivity index (χ4n) is 3.05. The summed E-state index contributed by atoms with van der Waals surface area (Å²) in [4.78, 5) is 4.66.